The summed E-state index contributed by atoms with van der Waals surface area (Å²) >= 11 is 0. The Morgan fingerprint density at radius 3 is 2.64 bits per heavy atom. The van der Waals surface area contributed by atoms with Crippen LogP contribution in [0.1, 0.15) is 27.6 Å². The van der Waals surface area contributed by atoms with Crippen LogP contribution in [0, 0.1) is 13.8 Å². The average Bonchev–Trinajstić information content (AvgIpc) is 3.26. The maximum absolute atomic E-state index is 12.8. The van der Waals surface area contributed by atoms with Crippen molar-refractivity contribution in [2.24, 2.45) is 0 Å². The van der Waals surface area contributed by atoms with Crippen molar-refractivity contribution in [2.45, 2.75) is 20.4 Å². The van der Waals surface area contributed by atoms with Crippen molar-refractivity contribution >= 4 is 11.6 Å². The molecule has 0 saturated carbocycles. The molecule has 0 aliphatic rings. The largest absolute Gasteiger partial charge is 0.497 e. The molecule has 0 atom stereocenters. The average molecular weight is 375 g/mol. The highest BCUT2D eigenvalue weighted by molar-refractivity contribution is 5.95. The van der Waals surface area contributed by atoms with Crippen LogP contribution in [0.15, 0.2) is 54.7 Å². The van der Waals surface area contributed by atoms with Gasteiger partial charge in [0.05, 0.1) is 19.2 Å². The summed E-state index contributed by atoms with van der Waals surface area (Å²) in [7, 11) is 1.64. The minimum Gasteiger partial charge on any atom is -0.497 e. The zero-order valence-electron chi connectivity index (χ0n) is 16.0. The maximum Gasteiger partial charge on any atom is 0.253 e. The number of benzene rings is 1. The van der Waals surface area contributed by atoms with Crippen LogP contribution in [0.5, 0.6) is 5.75 Å². The molecular formula is C21H21N5O2. The second-order valence-corrected chi connectivity index (χ2v) is 6.55. The van der Waals surface area contributed by atoms with Gasteiger partial charge in [-0.25, -0.2) is 0 Å². The van der Waals surface area contributed by atoms with Crippen LogP contribution in [0.4, 0.5) is 0 Å². The fourth-order valence-electron chi connectivity index (χ4n) is 3.39. The number of fused-ring (bicyclic) bond motifs is 1. The molecule has 0 saturated heterocycles. The maximum atomic E-state index is 12.8. The number of hydrogen-bond donors (Lipinski definition) is 1. The number of carbonyl (C=O) groups is 1. The number of carbonyl (C=O) groups excluding carboxylic acids is 1. The second kappa shape index (κ2) is 7.19. The van der Waals surface area contributed by atoms with Crippen molar-refractivity contribution in [3.8, 4) is 11.4 Å². The SMILES string of the molecule is COc1ccc(-n2c(C)cc(C(=O)NCc3nnc4ccccn34)c2C)cc1. The van der Waals surface area contributed by atoms with E-state index in [0.29, 0.717) is 17.9 Å². The molecule has 4 rings (SSSR count). The Balaban J connectivity index is 1.56. The van der Waals surface area contributed by atoms with E-state index in [1.165, 1.54) is 0 Å². The Morgan fingerprint density at radius 1 is 1.11 bits per heavy atom. The Bertz CT molecular complexity index is 1140. The van der Waals surface area contributed by atoms with Crippen molar-refractivity contribution in [1.29, 1.82) is 0 Å². The summed E-state index contributed by atoms with van der Waals surface area (Å²) in [4.78, 5) is 12.8. The number of nitrogens with zero attached hydrogens (tertiary/aromatic N) is 4. The Hall–Kier alpha value is -3.61. The van der Waals surface area contributed by atoms with E-state index in [1.54, 1.807) is 7.11 Å². The monoisotopic (exact) mass is 375 g/mol. The number of pyridine rings is 1. The van der Waals surface area contributed by atoms with Crippen LogP contribution in [0.25, 0.3) is 11.3 Å². The molecule has 0 fully saturated rings. The highest BCUT2D eigenvalue weighted by Gasteiger charge is 2.17. The van der Waals surface area contributed by atoms with Gasteiger partial charge in [0.1, 0.15) is 5.75 Å². The zero-order chi connectivity index (χ0) is 19.7. The van der Waals surface area contributed by atoms with E-state index in [1.807, 2.05) is 73.0 Å². The molecule has 0 aliphatic heterocycles. The molecule has 7 heteroatoms. The molecule has 0 bridgehead atoms. The highest BCUT2D eigenvalue weighted by Crippen LogP contribution is 2.22. The van der Waals surface area contributed by atoms with Crippen LogP contribution < -0.4 is 10.1 Å². The van der Waals surface area contributed by atoms with E-state index >= 15 is 0 Å². The van der Waals surface area contributed by atoms with Crippen LogP contribution in [0.2, 0.25) is 0 Å². The van der Waals surface area contributed by atoms with Gasteiger partial charge in [-0.05, 0) is 56.3 Å². The van der Waals surface area contributed by atoms with Crippen molar-refractivity contribution in [3.05, 3.63) is 77.5 Å². The summed E-state index contributed by atoms with van der Waals surface area (Å²) in [6.45, 7) is 4.23. The number of methoxy groups -OCH3 is 1. The Morgan fingerprint density at radius 2 is 1.89 bits per heavy atom. The molecule has 0 spiro atoms. The van der Waals surface area contributed by atoms with Crippen LogP contribution >= 0.6 is 0 Å². The molecule has 0 unspecified atom stereocenters. The topological polar surface area (TPSA) is 73.4 Å². The van der Waals surface area contributed by atoms with E-state index in [-0.39, 0.29) is 5.91 Å². The molecule has 28 heavy (non-hydrogen) atoms. The van der Waals surface area contributed by atoms with Gasteiger partial charge in [-0.1, -0.05) is 6.07 Å². The predicted octanol–water partition coefficient (Wildman–Crippen LogP) is 3.08. The smallest absolute Gasteiger partial charge is 0.253 e. The van der Waals surface area contributed by atoms with Gasteiger partial charge in [0.2, 0.25) is 0 Å². The van der Waals surface area contributed by atoms with Gasteiger partial charge in [0, 0.05) is 23.3 Å². The molecule has 1 amide bonds. The number of nitrogens with one attached hydrogen (secondary N) is 1. The number of rotatable bonds is 5. The van der Waals surface area contributed by atoms with Gasteiger partial charge in [-0.15, -0.1) is 10.2 Å². The first-order chi connectivity index (χ1) is 13.6. The number of hydrogen-bond acceptors (Lipinski definition) is 4. The highest BCUT2D eigenvalue weighted by atomic mass is 16.5. The summed E-state index contributed by atoms with van der Waals surface area (Å²) in [6, 6.07) is 15.3. The summed E-state index contributed by atoms with van der Waals surface area (Å²) < 4.78 is 9.14. The molecule has 1 N–H and O–H groups in total. The zero-order valence-corrected chi connectivity index (χ0v) is 16.0. The molecule has 1 aromatic carbocycles. The van der Waals surface area contributed by atoms with E-state index in [2.05, 4.69) is 20.1 Å². The van der Waals surface area contributed by atoms with Gasteiger partial charge < -0.3 is 14.6 Å². The molecule has 4 aromatic rings. The molecule has 3 heterocycles. The van der Waals surface area contributed by atoms with Gasteiger partial charge in [-0.2, -0.15) is 0 Å². The fraction of sp³-hybridized carbons (Fsp3) is 0.190. The van der Waals surface area contributed by atoms with E-state index in [0.717, 1.165) is 28.5 Å². The number of ether oxygens (including phenoxy) is 1. The Labute approximate surface area is 162 Å². The molecule has 0 radical (unpaired) electrons. The summed E-state index contributed by atoms with van der Waals surface area (Å²) in [5, 5.41) is 11.2. The van der Waals surface area contributed by atoms with Crippen molar-refractivity contribution in [3.63, 3.8) is 0 Å². The van der Waals surface area contributed by atoms with Gasteiger partial charge in [0.15, 0.2) is 11.5 Å². The number of amides is 1. The van der Waals surface area contributed by atoms with E-state index in [9.17, 15) is 4.79 Å². The van der Waals surface area contributed by atoms with Crippen LogP contribution in [-0.2, 0) is 6.54 Å². The lowest BCUT2D eigenvalue weighted by molar-refractivity contribution is 0.0949. The van der Waals surface area contributed by atoms with Gasteiger partial charge in [0.25, 0.3) is 5.91 Å². The number of aryl methyl sites for hydroxylation is 1. The minimum atomic E-state index is -0.138. The van der Waals surface area contributed by atoms with Crippen LogP contribution in [-0.4, -0.2) is 32.2 Å². The minimum absolute atomic E-state index is 0.138. The van der Waals surface area contributed by atoms with Crippen molar-refractivity contribution < 1.29 is 9.53 Å². The Kier molecular flexibility index (Phi) is 4.57. The first-order valence-electron chi connectivity index (χ1n) is 8.98. The van der Waals surface area contributed by atoms with Crippen molar-refractivity contribution in [2.75, 3.05) is 7.11 Å². The van der Waals surface area contributed by atoms with Gasteiger partial charge in [-0.3, -0.25) is 9.20 Å². The predicted molar refractivity (Wildman–Crippen MR) is 106 cm³/mol. The third-order valence-corrected chi connectivity index (χ3v) is 4.80. The van der Waals surface area contributed by atoms with Crippen molar-refractivity contribution in [1.82, 2.24) is 24.5 Å². The lowest BCUT2D eigenvalue weighted by Gasteiger charge is -2.11. The molecule has 7 nitrogen and oxygen atoms in total. The van der Waals surface area contributed by atoms with E-state index in [4.69, 9.17) is 4.74 Å². The quantitative estimate of drug-likeness (QED) is 0.582. The summed E-state index contributed by atoms with van der Waals surface area (Å²) in [5.41, 5.74) is 4.25. The van der Waals surface area contributed by atoms with Gasteiger partial charge >= 0.3 is 0 Å². The molecular weight excluding hydrogens is 354 g/mol. The molecule has 142 valence electrons. The summed E-state index contributed by atoms with van der Waals surface area (Å²) in [6.07, 6.45) is 1.88. The first kappa shape index (κ1) is 17.8. The second-order valence-electron chi connectivity index (χ2n) is 6.55. The molecule has 3 aromatic heterocycles. The third-order valence-electron chi connectivity index (χ3n) is 4.80. The summed E-state index contributed by atoms with van der Waals surface area (Å²) in [5.74, 6) is 1.35. The van der Waals surface area contributed by atoms with Crippen LogP contribution in [0.3, 0.4) is 0 Å². The van der Waals surface area contributed by atoms with E-state index < -0.39 is 0 Å². The first-order valence-corrected chi connectivity index (χ1v) is 8.98. The third kappa shape index (κ3) is 3.11. The molecule has 0 aliphatic carbocycles. The fourth-order valence-corrected chi connectivity index (χ4v) is 3.39. The number of aromatic nitrogens is 4. The lowest BCUT2D eigenvalue weighted by atomic mass is 10.2. The normalized spacial score (nSPS) is 11.0. The lowest BCUT2D eigenvalue weighted by Crippen LogP contribution is -2.24. The standard InChI is InChI=1S/C21H21N5O2/c1-14-12-18(15(2)26(14)16-7-9-17(28-3)10-8-16)21(27)22-13-20-24-23-19-6-4-5-11-25(19)20/h4-12H,13H2,1-3H3,(H,22,27).